The standard InChI is InChI=1S/C13H14N2O2S/c1-2-17-10-5-3-9(4-6-10)15-13(16)11-7-8-12(14)18-11/h3-8H,2,14H2,1H3,(H,15,16). The molecule has 2 aromatic rings. The fourth-order valence-electron chi connectivity index (χ4n) is 1.47. The lowest BCUT2D eigenvalue weighted by atomic mass is 10.3. The van der Waals surface area contributed by atoms with Crippen molar-refractivity contribution >= 4 is 27.9 Å². The number of carbonyl (C=O) groups excluding carboxylic acids is 1. The lowest BCUT2D eigenvalue weighted by Gasteiger charge is -2.06. The van der Waals surface area contributed by atoms with E-state index >= 15 is 0 Å². The Bertz CT molecular complexity index is 534. The van der Waals surface area contributed by atoms with Crippen LogP contribution >= 0.6 is 11.3 Å². The second kappa shape index (κ2) is 5.55. The van der Waals surface area contributed by atoms with E-state index in [1.165, 1.54) is 11.3 Å². The molecule has 94 valence electrons. The molecule has 0 saturated heterocycles. The lowest BCUT2D eigenvalue weighted by Crippen LogP contribution is -2.09. The molecule has 0 saturated carbocycles. The van der Waals surface area contributed by atoms with Crippen molar-refractivity contribution in [3.63, 3.8) is 0 Å². The molecule has 18 heavy (non-hydrogen) atoms. The van der Waals surface area contributed by atoms with Crippen molar-refractivity contribution in [2.75, 3.05) is 17.7 Å². The Morgan fingerprint density at radius 2 is 2.00 bits per heavy atom. The quantitative estimate of drug-likeness (QED) is 0.890. The van der Waals surface area contributed by atoms with Crippen LogP contribution in [0, 0.1) is 0 Å². The highest BCUT2D eigenvalue weighted by molar-refractivity contribution is 7.17. The van der Waals surface area contributed by atoms with Gasteiger partial charge in [0.1, 0.15) is 5.75 Å². The third-order valence-corrected chi connectivity index (χ3v) is 3.19. The lowest BCUT2D eigenvalue weighted by molar-refractivity contribution is 0.103. The first-order chi connectivity index (χ1) is 8.69. The van der Waals surface area contributed by atoms with Gasteiger partial charge in [-0.3, -0.25) is 4.79 Å². The predicted molar refractivity (Wildman–Crippen MR) is 74.3 cm³/mol. The van der Waals surface area contributed by atoms with Crippen LogP contribution in [0.1, 0.15) is 16.6 Å². The summed E-state index contributed by atoms with van der Waals surface area (Å²) in [6.07, 6.45) is 0. The maximum absolute atomic E-state index is 11.9. The summed E-state index contributed by atoms with van der Waals surface area (Å²) in [6, 6.07) is 10.7. The number of nitrogens with two attached hydrogens (primary N) is 1. The van der Waals surface area contributed by atoms with E-state index in [1.54, 1.807) is 24.3 Å². The molecule has 0 radical (unpaired) electrons. The number of benzene rings is 1. The number of nitrogens with one attached hydrogen (secondary N) is 1. The zero-order valence-corrected chi connectivity index (χ0v) is 10.8. The Balaban J connectivity index is 2.03. The molecule has 5 heteroatoms. The van der Waals surface area contributed by atoms with E-state index in [9.17, 15) is 4.79 Å². The molecule has 0 unspecified atom stereocenters. The van der Waals surface area contributed by atoms with Gasteiger partial charge in [-0.15, -0.1) is 11.3 Å². The fourth-order valence-corrected chi connectivity index (χ4v) is 2.14. The van der Waals surface area contributed by atoms with Crippen LogP contribution in [0.4, 0.5) is 10.7 Å². The third kappa shape index (κ3) is 3.01. The molecular weight excluding hydrogens is 248 g/mol. The summed E-state index contributed by atoms with van der Waals surface area (Å²) < 4.78 is 5.33. The Kier molecular flexibility index (Phi) is 3.84. The van der Waals surface area contributed by atoms with Gasteiger partial charge in [-0.1, -0.05) is 0 Å². The molecule has 0 aliphatic carbocycles. The van der Waals surface area contributed by atoms with Gasteiger partial charge < -0.3 is 15.8 Å². The second-order valence-electron chi connectivity index (χ2n) is 3.61. The topological polar surface area (TPSA) is 64.3 Å². The van der Waals surface area contributed by atoms with Crippen molar-refractivity contribution in [3.8, 4) is 5.75 Å². The zero-order valence-electron chi connectivity index (χ0n) is 9.97. The van der Waals surface area contributed by atoms with Gasteiger partial charge in [-0.25, -0.2) is 0 Å². The SMILES string of the molecule is CCOc1ccc(NC(=O)c2ccc(N)s2)cc1. The van der Waals surface area contributed by atoms with Crippen LogP contribution < -0.4 is 15.8 Å². The summed E-state index contributed by atoms with van der Waals surface area (Å²) in [5.41, 5.74) is 6.32. The molecule has 0 aliphatic heterocycles. The van der Waals surface area contributed by atoms with E-state index in [2.05, 4.69) is 5.32 Å². The predicted octanol–water partition coefficient (Wildman–Crippen LogP) is 2.98. The van der Waals surface area contributed by atoms with Gasteiger partial charge in [0.2, 0.25) is 0 Å². The van der Waals surface area contributed by atoms with E-state index in [-0.39, 0.29) is 5.91 Å². The Morgan fingerprint density at radius 1 is 1.28 bits per heavy atom. The molecule has 1 heterocycles. The van der Waals surface area contributed by atoms with Crippen molar-refractivity contribution in [1.29, 1.82) is 0 Å². The molecule has 3 N–H and O–H groups in total. The first-order valence-corrected chi connectivity index (χ1v) is 6.40. The number of anilines is 2. The Hall–Kier alpha value is -2.01. The number of hydrogen-bond donors (Lipinski definition) is 2. The number of ether oxygens (including phenoxy) is 1. The van der Waals surface area contributed by atoms with Crippen molar-refractivity contribution in [1.82, 2.24) is 0 Å². The number of thiophene rings is 1. The normalized spacial score (nSPS) is 10.1. The Morgan fingerprint density at radius 3 is 2.56 bits per heavy atom. The van der Waals surface area contributed by atoms with Crippen LogP contribution in [0.5, 0.6) is 5.75 Å². The molecule has 0 spiro atoms. The number of rotatable bonds is 4. The van der Waals surface area contributed by atoms with Crippen molar-refractivity contribution in [3.05, 3.63) is 41.3 Å². The maximum Gasteiger partial charge on any atom is 0.265 e. The van der Waals surface area contributed by atoms with Gasteiger partial charge in [0.15, 0.2) is 0 Å². The number of nitrogen functional groups attached to an aromatic ring is 1. The maximum atomic E-state index is 11.9. The molecule has 0 atom stereocenters. The van der Waals surface area contributed by atoms with Gasteiger partial charge in [0, 0.05) is 5.69 Å². The summed E-state index contributed by atoms with van der Waals surface area (Å²) in [5.74, 6) is 0.636. The van der Waals surface area contributed by atoms with E-state index in [1.807, 2.05) is 19.1 Å². The summed E-state index contributed by atoms with van der Waals surface area (Å²) in [4.78, 5) is 12.4. The molecule has 1 aromatic carbocycles. The summed E-state index contributed by atoms with van der Waals surface area (Å²) >= 11 is 1.27. The molecule has 0 aliphatic rings. The number of amides is 1. The summed E-state index contributed by atoms with van der Waals surface area (Å²) in [7, 11) is 0. The average Bonchev–Trinajstić information content (AvgIpc) is 2.79. The number of carbonyl (C=O) groups is 1. The van der Waals surface area contributed by atoms with Gasteiger partial charge in [-0.05, 0) is 43.3 Å². The molecule has 4 nitrogen and oxygen atoms in total. The molecule has 2 rings (SSSR count). The van der Waals surface area contributed by atoms with Crippen LogP contribution in [0.25, 0.3) is 0 Å². The van der Waals surface area contributed by atoms with Crippen LogP contribution in [0.15, 0.2) is 36.4 Å². The van der Waals surface area contributed by atoms with Crippen molar-refractivity contribution in [2.24, 2.45) is 0 Å². The zero-order chi connectivity index (χ0) is 13.0. The minimum atomic E-state index is -0.152. The molecule has 0 fully saturated rings. The number of hydrogen-bond acceptors (Lipinski definition) is 4. The first kappa shape index (κ1) is 12.4. The van der Waals surface area contributed by atoms with E-state index in [0.717, 1.165) is 11.4 Å². The molecule has 1 aromatic heterocycles. The smallest absolute Gasteiger partial charge is 0.265 e. The van der Waals surface area contributed by atoms with Crippen molar-refractivity contribution in [2.45, 2.75) is 6.92 Å². The van der Waals surface area contributed by atoms with Crippen molar-refractivity contribution < 1.29 is 9.53 Å². The average molecular weight is 262 g/mol. The molecule has 1 amide bonds. The van der Waals surface area contributed by atoms with Gasteiger partial charge in [-0.2, -0.15) is 0 Å². The van der Waals surface area contributed by atoms with Crippen LogP contribution in [-0.4, -0.2) is 12.5 Å². The first-order valence-electron chi connectivity index (χ1n) is 5.58. The monoisotopic (exact) mass is 262 g/mol. The van der Waals surface area contributed by atoms with Gasteiger partial charge in [0.25, 0.3) is 5.91 Å². The summed E-state index contributed by atoms with van der Waals surface area (Å²) in [5, 5.41) is 3.43. The third-order valence-electron chi connectivity index (χ3n) is 2.27. The van der Waals surface area contributed by atoms with E-state index in [4.69, 9.17) is 10.5 Å². The van der Waals surface area contributed by atoms with E-state index < -0.39 is 0 Å². The van der Waals surface area contributed by atoms with Crippen LogP contribution in [0.2, 0.25) is 0 Å². The van der Waals surface area contributed by atoms with Crippen LogP contribution in [0.3, 0.4) is 0 Å². The van der Waals surface area contributed by atoms with Gasteiger partial charge in [0.05, 0.1) is 16.5 Å². The van der Waals surface area contributed by atoms with Crippen LogP contribution in [-0.2, 0) is 0 Å². The highest BCUT2D eigenvalue weighted by Crippen LogP contribution is 2.21. The second-order valence-corrected chi connectivity index (χ2v) is 4.73. The Labute approximate surface area is 109 Å². The summed E-state index contributed by atoms with van der Waals surface area (Å²) in [6.45, 7) is 2.55. The molecular formula is C13H14N2O2S. The minimum absolute atomic E-state index is 0.152. The largest absolute Gasteiger partial charge is 0.494 e. The highest BCUT2D eigenvalue weighted by atomic mass is 32.1. The highest BCUT2D eigenvalue weighted by Gasteiger charge is 2.08. The minimum Gasteiger partial charge on any atom is -0.494 e. The van der Waals surface area contributed by atoms with Gasteiger partial charge >= 0.3 is 0 Å². The fraction of sp³-hybridized carbons (Fsp3) is 0.154. The molecule has 0 bridgehead atoms. The van der Waals surface area contributed by atoms with E-state index in [0.29, 0.717) is 16.5 Å².